The number of hydrogen-bond acceptors (Lipinski definition) is 5. The molecule has 0 radical (unpaired) electrons. The number of thiazole rings is 1. The zero-order chi connectivity index (χ0) is 17.3. The summed E-state index contributed by atoms with van der Waals surface area (Å²) >= 11 is 1.50. The average Bonchev–Trinajstić information content (AvgIpc) is 3.17. The molecule has 0 spiro atoms. The van der Waals surface area contributed by atoms with Gasteiger partial charge < -0.3 is 14.8 Å². The van der Waals surface area contributed by atoms with Gasteiger partial charge >= 0.3 is 5.97 Å². The molecule has 24 heavy (non-hydrogen) atoms. The maximum atomic E-state index is 12.4. The molecule has 2 heterocycles. The summed E-state index contributed by atoms with van der Waals surface area (Å²) in [6, 6.07) is 6.19. The van der Waals surface area contributed by atoms with E-state index < -0.39 is 5.97 Å². The Morgan fingerprint density at radius 3 is 2.67 bits per heavy atom. The first kappa shape index (κ1) is 15.9. The first-order chi connectivity index (χ1) is 11.4. The van der Waals surface area contributed by atoms with Gasteiger partial charge in [-0.2, -0.15) is 0 Å². The number of nitrogens with one attached hydrogen (secondary N) is 1. The molecular weight excluding hydrogens is 328 g/mol. The monoisotopic (exact) mass is 342 g/mol. The second kappa shape index (κ2) is 6.29. The summed E-state index contributed by atoms with van der Waals surface area (Å²) in [5.41, 5.74) is 2.36. The number of carbonyl (C=O) groups excluding carboxylic acids is 1. The van der Waals surface area contributed by atoms with Gasteiger partial charge in [-0.15, -0.1) is 11.3 Å². The quantitative estimate of drug-likeness (QED) is 0.748. The largest absolute Gasteiger partial charge is 0.478 e. The summed E-state index contributed by atoms with van der Waals surface area (Å²) in [6.45, 7) is 3.68. The number of nitrogens with zero attached hydrogens (tertiary/aromatic N) is 1. The molecule has 0 aliphatic rings. The van der Waals surface area contributed by atoms with Crippen LogP contribution < -0.4 is 5.32 Å². The average molecular weight is 342 g/mol. The topological polar surface area (TPSA) is 92.4 Å². The third-order valence-corrected chi connectivity index (χ3v) is 4.24. The van der Waals surface area contributed by atoms with Gasteiger partial charge in [-0.3, -0.25) is 4.79 Å². The highest BCUT2D eigenvalue weighted by Gasteiger charge is 2.15. The molecule has 0 saturated heterocycles. The van der Waals surface area contributed by atoms with Crippen molar-refractivity contribution in [2.75, 3.05) is 5.32 Å². The van der Waals surface area contributed by atoms with Crippen molar-refractivity contribution in [2.45, 2.75) is 13.8 Å². The molecule has 7 heteroatoms. The number of hydrogen-bond donors (Lipinski definition) is 2. The Morgan fingerprint density at radius 1 is 1.21 bits per heavy atom. The minimum absolute atomic E-state index is 0.113. The van der Waals surface area contributed by atoms with E-state index in [1.54, 1.807) is 19.1 Å². The molecule has 122 valence electrons. The van der Waals surface area contributed by atoms with E-state index in [1.807, 2.05) is 12.3 Å². The molecule has 1 amide bonds. The first-order valence-electron chi connectivity index (χ1n) is 7.10. The van der Waals surface area contributed by atoms with Gasteiger partial charge in [0.25, 0.3) is 5.91 Å². The standard InChI is InChI=1S/C17H14N2O4S/c1-9-3-4-11(17(21)22)5-13(9)19-16(20)12-6-15(23-7-12)14-8-24-10(2)18-14/h3-8H,1-2H3,(H,19,20)(H,21,22). The molecule has 0 saturated carbocycles. The Bertz CT molecular complexity index is 926. The Balaban J connectivity index is 1.82. The lowest BCUT2D eigenvalue weighted by Gasteiger charge is -2.08. The SMILES string of the molecule is Cc1nc(-c2cc(C(=O)Nc3cc(C(=O)O)ccc3C)co2)cs1. The minimum atomic E-state index is -1.05. The molecule has 0 fully saturated rings. The molecular formula is C17H14N2O4S. The van der Waals surface area contributed by atoms with Crippen molar-refractivity contribution in [3.63, 3.8) is 0 Å². The number of anilines is 1. The van der Waals surface area contributed by atoms with Crippen molar-refractivity contribution in [1.29, 1.82) is 0 Å². The Labute approximate surface area is 141 Å². The number of rotatable bonds is 4. The number of benzene rings is 1. The first-order valence-corrected chi connectivity index (χ1v) is 7.98. The normalized spacial score (nSPS) is 10.6. The highest BCUT2D eigenvalue weighted by atomic mass is 32.1. The van der Waals surface area contributed by atoms with Crippen molar-refractivity contribution >= 4 is 28.9 Å². The lowest BCUT2D eigenvalue weighted by atomic mass is 10.1. The van der Waals surface area contributed by atoms with Crippen LogP contribution >= 0.6 is 11.3 Å². The number of carboxylic acid groups (broad SMARTS) is 1. The van der Waals surface area contributed by atoms with Crippen LogP contribution in [0.2, 0.25) is 0 Å². The molecule has 3 rings (SSSR count). The summed E-state index contributed by atoms with van der Waals surface area (Å²) in [5, 5.41) is 14.5. The molecule has 0 atom stereocenters. The van der Waals surface area contributed by atoms with Crippen LogP contribution in [0.1, 0.15) is 31.3 Å². The van der Waals surface area contributed by atoms with Gasteiger partial charge in [0.2, 0.25) is 0 Å². The fourth-order valence-corrected chi connectivity index (χ4v) is 2.75. The van der Waals surface area contributed by atoms with Crippen molar-refractivity contribution in [1.82, 2.24) is 4.98 Å². The smallest absolute Gasteiger partial charge is 0.335 e. The highest BCUT2D eigenvalue weighted by molar-refractivity contribution is 7.09. The molecule has 0 unspecified atom stereocenters. The number of amides is 1. The fourth-order valence-electron chi connectivity index (χ4n) is 2.15. The summed E-state index contributed by atoms with van der Waals surface area (Å²) in [4.78, 5) is 27.7. The molecule has 1 aromatic carbocycles. The Morgan fingerprint density at radius 2 is 2.00 bits per heavy atom. The molecule has 0 aliphatic heterocycles. The molecule has 0 aliphatic carbocycles. The van der Waals surface area contributed by atoms with Crippen molar-refractivity contribution in [2.24, 2.45) is 0 Å². The number of aromatic nitrogens is 1. The predicted molar refractivity (Wildman–Crippen MR) is 90.6 cm³/mol. The number of aromatic carboxylic acids is 1. The summed E-state index contributed by atoms with van der Waals surface area (Å²) in [7, 11) is 0. The maximum Gasteiger partial charge on any atom is 0.335 e. The van der Waals surface area contributed by atoms with Gasteiger partial charge in [0.15, 0.2) is 5.76 Å². The van der Waals surface area contributed by atoms with E-state index >= 15 is 0 Å². The van der Waals surface area contributed by atoms with Crippen LogP contribution in [0.15, 0.2) is 40.3 Å². The van der Waals surface area contributed by atoms with Crippen molar-refractivity contribution in [3.8, 4) is 11.5 Å². The molecule has 6 nitrogen and oxygen atoms in total. The number of aryl methyl sites for hydroxylation is 2. The van der Waals surface area contributed by atoms with Gasteiger partial charge in [-0.1, -0.05) is 6.07 Å². The third kappa shape index (κ3) is 3.21. The fraction of sp³-hybridized carbons (Fsp3) is 0.118. The second-order valence-corrected chi connectivity index (χ2v) is 6.30. The van der Waals surface area contributed by atoms with Crippen LogP contribution in [-0.4, -0.2) is 22.0 Å². The van der Waals surface area contributed by atoms with Crippen LogP contribution in [-0.2, 0) is 0 Å². The zero-order valence-corrected chi connectivity index (χ0v) is 13.8. The van der Waals surface area contributed by atoms with E-state index in [1.165, 1.54) is 29.7 Å². The second-order valence-electron chi connectivity index (χ2n) is 5.24. The Hall–Kier alpha value is -2.93. The summed E-state index contributed by atoms with van der Waals surface area (Å²) in [5.74, 6) is -0.905. The van der Waals surface area contributed by atoms with Gasteiger partial charge in [0.1, 0.15) is 12.0 Å². The predicted octanol–water partition coefficient (Wildman–Crippen LogP) is 3.97. The van der Waals surface area contributed by atoms with Crippen molar-refractivity contribution in [3.05, 3.63) is 57.6 Å². The third-order valence-electron chi connectivity index (χ3n) is 3.47. The molecule has 3 aromatic rings. The van der Waals surface area contributed by atoms with E-state index in [0.29, 0.717) is 22.7 Å². The van der Waals surface area contributed by atoms with Gasteiger partial charge in [0, 0.05) is 11.1 Å². The van der Waals surface area contributed by atoms with E-state index in [2.05, 4.69) is 10.3 Å². The van der Waals surface area contributed by atoms with Crippen LogP contribution in [0, 0.1) is 13.8 Å². The van der Waals surface area contributed by atoms with Gasteiger partial charge in [-0.05, 0) is 37.6 Å². The van der Waals surface area contributed by atoms with E-state index in [4.69, 9.17) is 9.52 Å². The summed E-state index contributed by atoms with van der Waals surface area (Å²) < 4.78 is 5.40. The van der Waals surface area contributed by atoms with Crippen LogP contribution in [0.4, 0.5) is 5.69 Å². The van der Waals surface area contributed by atoms with Crippen LogP contribution in [0.5, 0.6) is 0 Å². The number of furan rings is 1. The minimum Gasteiger partial charge on any atom is -0.478 e. The molecule has 2 N–H and O–H groups in total. The van der Waals surface area contributed by atoms with Crippen LogP contribution in [0.25, 0.3) is 11.5 Å². The van der Waals surface area contributed by atoms with E-state index in [9.17, 15) is 9.59 Å². The lowest BCUT2D eigenvalue weighted by Crippen LogP contribution is -2.12. The van der Waals surface area contributed by atoms with E-state index in [-0.39, 0.29) is 11.5 Å². The van der Waals surface area contributed by atoms with E-state index in [0.717, 1.165) is 10.6 Å². The molecule has 0 bridgehead atoms. The maximum absolute atomic E-state index is 12.4. The summed E-state index contributed by atoms with van der Waals surface area (Å²) in [6.07, 6.45) is 1.36. The number of carbonyl (C=O) groups is 2. The van der Waals surface area contributed by atoms with Crippen molar-refractivity contribution < 1.29 is 19.1 Å². The number of carboxylic acids is 1. The lowest BCUT2D eigenvalue weighted by molar-refractivity contribution is 0.0696. The van der Waals surface area contributed by atoms with Gasteiger partial charge in [-0.25, -0.2) is 9.78 Å². The zero-order valence-electron chi connectivity index (χ0n) is 13.0. The highest BCUT2D eigenvalue weighted by Crippen LogP contribution is 2.25. The molecule has 2 aromatic heterocycles. The Kier molecular flexibility index (Phi) is 4.18. The van der Waals surface area contributed by atoms with Gasteiger partial charge in [0.05, 0.1) is 16.1 Å². The van der Waals surface area contributed by atoms with Crippen LogP contribution in [0.3, 0.4) is 0 Å².